The van der Waals surface area contributed by atoms with E-state index in [1.807, 2.05) is 0 Å². The third-order valence-electron chi connectivity index (χ3n) is 5.90. The van der Waals surface area contributed by atoms with Gasteiger partial charge in [0.25, 0.3) is 0 Å². The van der Waals surface area contributed by atoms with E-state index >= 15 is 0 Å². The number of alkyl halides is 4. The molecule has 1 amide bonds. The van der Waals surface area contributed by atoms with Crippen molar-refractivity contribution >= 4 is 12.0 Å². The number of hydrogen-bond acceptors (Lipinski definition) is 7. The molecule has 37 heavy (non-hydrogen) atoms. The molecule has 1 aromatic carbocycles. The number of tetrazole rings is 1. The number of rotatable bonds is 8. The van der Waals surface area contributed by atoms with Gasteiger partial charge in [-0.15, -0.1) is 16.8 Å². The van der Waals surface area contributed by atoms with Gasteiger partial charge in [-0.1, -0.05) is 12.1 Å². The van der Waals surface area contributed by atoms with Crippen molar-refractivity contribution in [3.8, 4) is 0 Å². The van der Waals surface area contributed by atoms with Crippen molar-refractivity contribution in [2.24, 2.45) is 0 Å². The van der Waals surface area contributed by atoms with Crippen LogP contribution in [0.25, 0.3) is 6.08 Å². The first-order chi connectivity index (χ1) is 17.7. The van der Waals surface area contributed by atoms with Crippen LogP contribution < -0.4 is 0 Å². The molecule has 3 aromatic rings. The third-order valence-corrected chi connectivity index (χ3v) is 5.90. The first-order valence-electron chi connectivity index (χ1n) is 11.4. The number of oxazole rings is 1. The van der Waals surface area contributed by atoms with Crippen LogP contribution in [0.4, 0.5) is 17.6 Å². The Hall–Kier alpha value is -3.87. The van der Waals surface area contributed by atoms with Crippen LogP contribution >= 0.6 is 0 Å². The van der Waals surface area contributed by atoms with Crippen LogP contribution in [0.1, 0.15) is 34.1 Å². The maximum Gasteiger partial charge on any atom is 0.416 e. The van der Waals surface area contributed by atoms with Gasteiger partial charge in [-0.3, -0.25) is 9.69 Å². The maximum atomic E-state index is 13.3. The summed E-state index contributed by atoms with van der Waals surface area (Å²) in [4.78, 5) is 22.0. The first-order valence-corrected chi connectivity index (χ1v) is 11.4. The van der Waals surface area contributed by atoms with E-state index in [1.165, 1.54) is 29.3 Å². The van der Waals surface area contributed by atoms with Gasteiger partial charge in [0.15, 0.2) is 12.5 Å². The summed E-state index contributed by atoms with van der Waals surface area (Å²) in [5.74, 6) is 0.109. The fourth-order valence-corrected chi connectivity index (χ4v) is 4.08. The molecule has 0 bridgehead atoms. The Balaban J connectivity index is 1.47. The van der Waals surface area contributed by atoms with Crippen molar-refractivity contribution in [3.63, 3.8) is 0 Å². The molecule has 0 N–H and O–H groups in total. The van der Waals surface area contributed by atoms with E-state index in [1.54, 1.807) is 17.9 Å². The number of aryl methyl sites for hydroxylation is 1. The molecular formula is C24H25F4N7O2. The maximum absolute atomic E-state index is 13.3. The molecule has 1 fully saturated rings. The SMILES string of the molecule is C=C[C@@H]1CN(Cc2coc(CF)n2)CCN1C(=O)/C=C/c1ccc(C(F)(F)F)cc1Cn1nnc(C)n1. The molecule has 0 unspecified atom stereocenters. The molecule has 0 saturated carbocycles. The van der Waals surface area contributed by atoms with E-state index in [4.69, 9.17) is 4.42 Å². The second-order valence-electron chi connectivity index (χ2n) is 8.55. The lowest BCUT2D eigenvalue weighted by Crippen LogP contribution is -2.53. The average Bonchev–Trinajstić information content (AvgIpc) is 3.50. The molecule has 2 aromatic heterocycles. The van der Waals surface area contributed by atoms with E-state index < -0.39 is 18.4 Å². The molecular weight excluding hydrogens is 494 g/mol. The van der Waals surface area contributed by atoms with Gasteiger partial charge in [-0.05, 0) is 41.5 Å². The van der Waals surface area contributed by atoms with Crippen LogP contribution in [-0.2, 0) is 30.7 Å². The standard InChI is InChI=1S/C24H25F4N7O2/c1-3-21-14-33(13-20-15-37-22(11-25)29-20)8-9-34(21)23(36)7-5-17-4-6-19(24(26,27)28)10-18(17)12-35-31-16(2)30-32-35/h3-7,10,15,21H,1,8-9,11-14H2,2H3/b7-5+/t21-/m1/s1. The van der Waals surface area contributed by atoms with Gasteiger partial charge < -0.3 is 9.32 Å². The molecule has 1 saturated heterocycles. The van der Waals surface area contributed by atoms with Gasteiger partial charge in [0.05, 0.1) is 23.8 Å². The van der Waals surface area contributed by atoms with Crippen molar-refractivity contribution in [2.75, 3.05) is 19.6 Å². The zero-order chi connectivity index (χ0) is 26.6. The average molecular weight is 520 g/mol. The Morgan fingerprint density at radius 3 is 2.73 bits per heavy atom. The summed E-state index contributed by atoms with van der Waals surface area (Å²) in [6.45, 7) is 6.51. The minimum atomic E-state index is -4.52. The Morgan fingerprint density at radius 1 is 1.27 bits per heavy atom. The van der Waals surface area contributed by atoms with E-state index in [0.717, 1.165) is 12.1 Å². The van der Waals surface area contributed by atoms with Crippen LogP contribution in [0.2, 0.25) is 0 Å². The van der Waals surface area contributed by atoms with E-state index in [2.05, 4.69) is 31.9 Å². The fourth-order valence-electron chi connectivity index (χ4n) is 4.08. The molecule has 0 aliphatic carbocycles. The Labute approximate surface area is 210 Å². The predicted octanol–water partition coefficient (Wildman–Crippen LogP) is 3.42. The molecule has 196 valence electrons. The van der Waals surface area contributed by atoms with Crippen LogP contribution in [-0.4, -0.2) is 66.6 Å². The second kappa shape index (κ2) is 11.0. The first kappa shape index (κ1) is 26.2. The minimum Gasteiger partial charge on any atom is -0.446 e. The Morgan fingerprint density at radius 2 is 2.08 bits per heavy atom. The van der Waals surface area contributed by atoms with Gasteiger partial charge >= 0.3 is 6.18 Å². The van der Waals surface area contributed by atoms with Crippen molar-refractivity contribution in [1.82, 2.24) is 35.0 Å². The summed E-state index contributed by atoms with van der Waals surface area (Å²) >= 11 is 0. The number of benzene rings is 1. The fraction of sp³-hybridized carbons (Fsp3) is 0.375. The quantitative estimate of drug-likeness (QED) is 0.256. The topological polar surface area (TPSA) is 93.2 Å². The molecule has 4 rings (SSSR count). The van der Waals surface area contributed by atoms with Gasteiger partial charge in [0, 0.05) is 32.3 Å². The number of carbonyl (C=O) groups is 1. The summed E-state index contributed by atoms with van der Waals surface area (Å²) in [7, 11) is 0. The smallest absolute Gasteiger partial charge is 0.416 e. The zero-order valence-corrected chi connectivity index (χ0v) is 20.0. The molecule has 3 heterocycles. The van der Waals surface area contributed by atoms with Crippen LogP contribution in [0, 0.1) is 6.92 Å². The Kier molecular flexibility index (Phi) is 7.81. The molecule has 1 aliphatic rings. The lowest BCUT2D eigenvalue weighted by Gasteiger charge is -2.39. The van der Waals surface area contributed by atoms with Gasteiger partial charge in [-0.25, -0.2) is 9.37 Å². The van der Waals surface area contributed by atoms with Crippen LogP contribution in [0.5, 0.6) is 0 Å². The van der Waals surface area contributed by atoms with Crippen molar-refractivity contribution in [3.05, 3.63) is 77.3 Å². The minimum absolute atomic E-state index is 0.0200. The number of aromatic nitrogens is 5. The molecule has 1 atom stereocenters. The number of nitrogens with zero attached hydrogens (tertiary/aromatic N) is 7. The highest BCUT2D eigenvalue weighted by atomic mass is 19.4. The van der Waals surface area contributed by atoms with E-state index in [0.29, 0.717) is 48.8 Å². The molecule has 0 spiro atoms. The van der Waals surface area contributed by atoms with Gasteiger partial charge in [-0.2, -0.15) is 18.0 Å². The molecule has 13 heteroatoms. The predicted molar refractivity (Wildman–Crippen MR) is 124 cm³/mol. The number of carbonyl (C=O) groups excluding carboxylic acids is 1. The lowest BCUT2D eigenvalue weighted by atomic mass is 10.0. The normalized spacial score (nSPS) is 17.0. The number of amides is 1. The highest BCUT2D eigenvalue weighted by Crippen LogP contribution is 2.31. The van der Waals surface area contributed by atoms with Crippen LogP contribution in [0.3, 0.4) is 0 Å². The summed E-state index contributed by atoms with van der Waals surface area (Å²) in [6.07, 6.45) is 1.38. The number of hydrogen-bond donors (Lipinski definition) is 0. The van der Waals surface area contributed by atoms with Crippen molar-refractivity contribution in [1.29, 1.82) is 0 Å². The third kappa shape index (κ3) is 6.47. The monoisotopic (exact) mass is 519 g/mol. The van der Waals surface area contributed by atoms with E-state index in [-0.39, 0.29) is 24.4 Å². The highest BCUT2D eigenvalue weighted by Gasteiger charge is 2.31. The summed E-state index contributed by atoms with van der Waals surface area (Å²) in [5, 5.41) is 11.6. The largest absolute Gasteiger partial charge is 0.446 e. The highest BCUT2D eigenvalue weighted by molar-refractivity contribution is 5.92. The van der Waals surface area contributed by atoms with Crippen LogP contribution in [0.15, 0.2) is 47.6 Å². The number of piperazine rings is 1. The molecule has 0 radical (unpaired) electrons. The zero-order valence-electron chi connectivity index (χ0n) is 20.0. The lowest BCUT2D eigenvalue weighted by molar-refractivity contribution is -0.137. The van der Waals surface area contributed by atoms with Gasteiger partial charge in [0.1, 0.15) is 6.26 Å². The second-order valence-corrected chi connectivity index (χ2v) is 8.55. The Bertz CT molecular complexity index is 1280. The molecule has 9 nitrogen and oxygen atoms in total. The molecule has 1 aliphatic heterocycles. The van der Waals surface area contributed by atoms with Crippen molar-refractivity contribution < 1.29 is 26.8 Å². The number of halogens is 4. The summed E-state index contributed by atoms with van der Waals surface area (Å²) in [5.41, 5.74) is 0.514. The summed E-state index contributed by atoms with van der Waals surface area (Å²) in [6, 6.07) is 3.01. The van der Waals surface area contributed by atoms with Gasteiger partial charge in [0.2, 0.25) is 11.8 Å². The van der Waals surface area contributed by atoms with Crippen molar-refractivity contribution in [2.45, 2.75) is 38.9 Å². The van der Waals surface area contributed by atoms with E-state index in [9.17, 15) is 22.4 Å². The summed E-state index contributed by atoms with van der Waals surface area (Å²) < 4.78 is 57.6.